The van der Waals surface area contributed by atoms with E-state index in [-0.39, 0.29) is 10.7 Å². The normalized spacial score (nSPS) is 11.1. The Kier molecular flexibility index (Phi) is 5.29. The van der Waals surface area contributed by atoms with Gasteiger partial charge in [-0.3, -0.25) is 19.2 Å². The van der Waals surface area contributed by atoms with Crippen molar-refractivity contribution in [2.45, 2.75) is 11.8 Å². The van der Waals surface area contributed by atoms with Crippen molar-refractivity contribution in [3.05, 3.63) is 63.2 Å². The second-order valence-electron chi connectivity index (χ2n) is 5.09. The fourth-order valence-electron chi connectivity index (χ4n) is 2.25. The van der Waals surface area contributed by atoms with Gasteiger partial charge in [0, 0.05) is 11.1 Å². The molecule has 0 bridgehead atoms. The SMILES string of the molecule is Cc1c(Cl)cccc1N(CC(N)=O)S(=O)(=O)c1ccccc1[N+](=O)[O-]. The van der Waals surface area contributed by atoms with Gasteiger partial charge in [-0.25, -0.2) is 8.42 Å². The molecule has 2 aromatic carbocycles. The van der Waals surface area contributed by atoms with E-state index < -0.39 is 38.0 Å². The van der Waals surface area contributed by atoms with E-state index in [0.717, 1.165) is 16.4 Å². The Morgan fingerprint density at radius 2 is 1.88 bits per heavy atom. The predicted octanol–water partition coefficient (Wildman–Crippen LogP) is 2.24. The molecule has 0 aliphatic heterocycles. The van der Waals surface area contributed by atoms with E-state index in [1.807, 2.05) is 0 Å². The third-order valence-electron chi connectivity index (χ3n) is 3.44. The molecule has 0 fully saturated rings. The standard InChI is InChI=1S/C15H14ClN3O5S/c1-10-11(16)5-4-7-12(10)18(9-15(17)20)25(23,24)14-8-3-2-6-13(14)19(21)22/h2-8H,9H2,1H3,(H2,17,20). The first kappa shape index (κ1) is 18.7. The third-order valence-corrected chi connectivity index (χ3v) is 5.65. The van der Waals surface area contributed by atoms with Crippen LogP contribution in [0.5, 0.6) is 0 Å². The molecule has 25 heavy (non-hydrogen) atoms. The monoisotopic (exact) mass is 383 g/mol. The topological polar surface area (TPSA) is 124 Å². The Morgan fingerprint density at radius 3 is 2.48 bits per heavy atom. The molecule has 1 amide bonds. The minimum absolute atomic E-state index is 0.115. The van der Waals surface area contributed by atoms with Crippen molar-refractivity contribution in [1.29, 1.82) is 0 Å². The summed E-state index contributed by atoms with van der Waals surface area (Å²) >= 11 is 6.03. The fourth-order valence-corrected chi connectivity index (χ4v) is 4.07. The van der Waals surface area contributed by atoms with Crippen LogP contribution in [0, 0.1) is 17.0 Å². The number of para-hydroxylation sites is 1. The van der Waals surface area contributed by atoms with Crippen molar-refractivity contribution in [2.24, 2.45) is 5.73 Å². The van der Waals surface area contributed by atoms with Crippen LogP contribution in [0.15, 0.2) is 47.4 Å². The summed E-state index contributed by atoms with van der Waals surface area (Å²) in [5.41, 5.74) is 5.09. The Morgan fingerprint density at radius 1 is 1.24 bits per heavy atom. The van der Waals surface area contributed by atoms with Crippen molar-refractivity contribution in [1.82, 2.24) is 0 Å². The van der Waals surface area contributed by atoms with Crippen molar-refractivity contribution in [2.75, 3.05) is 10.8 Å². The van der Waals surface area contributed by atoms with E-state index in [2.05, 4.69) is 0 Å². The van der Waals surface area contributed by atoms with Crippen molar-refractivity contribution < 1.29 is 18.1 Å². The number of halogens is 1. The maximum Gasteiger partial charge on any atom is 0.289 e. The van der Waals surface area contributed by atoms with Gasteiger partial charge in [-0.1, -0.05) is 29.8 Å². The van der Waals surface area contributed by atoms with Gasteiger partial charge >= 0.3 is 0 Å². The molecule has 0 spiro atoms. The number of rotatable bonds is 6. The van der Waals surface area contributed by atoms with Crippen LogP contribution in [0.1, 0.15) is 5.56 Å². The summed E-state index contributed by atoms with van der Waals surface area (Å²) in [6.45, 7) is 0.885. The molecule has 0 aliphatic rings. The highest BCUT2D eigenvalue weighted by molar-refractivity contribution is 7.93. The van der Waals surface area contributed by atoms with Gasteiger partial charge in [0.2, 0.25) is 5.91 Å². The third kappa shape index (κ3) is 3.72. The lowest BCUT2D eigenvalue weighted by molar-refractivity contribution is -0.387. The number of primary amides is 1. The zero-order chi connectivity index (χ0) is 18.8. The number of hydrogen-bond acceptors (Lipinski definition) is 5. The smallest absolute Gasteiger partial charge is 0.289 e. The molecule has 2 aromatic rings. The predicted molar refractivity (Wildman–Crippen MR) is 93.0 cm³/mol. The van der Waals surface area contributed by atoms with Gasteiger partial charge in [-0.2, -0.15) is 0 Å². The van der Waals surface area contributed by atoms with Crippen LogP contribution in [0.4, 0.5) is 11.4 Å². The zero-order valence-corrected chi connectivity index (χ0v) is 14.6. The Bertz CT molecular complexity index is 946. The number of hydrogen-bond donors (Lipinski definition) is 1. The van der Waals surface area contributed by atoms with Crippen LogP contribution in [0.3, 0.4) is 0 Å². The Labute approximate surface area is 149 Å². The highest BCUT2D eigenvalue weighted by Crippen LogP contribution is 2.33. The molecule has 0 saturated heterocycles. The fraction of sp³-hybridized carbons (Fsp3) is 0.133. The average molecular weight is 384 g/mol. The molecule has 0 atom stereocenters. The first-order valence-corrected chi connectivity index (χ1v) is 8.77. The molecule has 132 valence electrons. The van der Waals surface area contributed by atoms with E-state index in [9.17, 15) is 23.3 Å². The summed E-state index contributed by atoms with van der Waals surface area (Å²) in [6, 6.07) is 9.37. The number of amides is 1. The molecule has 0 aromatic heterocycles. The maximum absolute atomic E-state index is 13.0. The minimum atomic E-state index is -4.43. The molecule has 10 heteroatoms. The van der Waals surface area contributed by atoms with Gasteiger partial charge in [-0.05, 0) is 30.7 Å². The molecule has 0 unspecified atom stereocenters. The molecular formula is C15H14ClN3O5S. The van der Waals surface area contributed by atoms with Gasteiger partial charge in [-0.15, -0.1) is 0 Å². The van der Waals surface area contributed by atoms with Gasteiger partial charge in [0.15, 0.2) is 4.90 Å². The number of anilines is 1. The first-order valence-electron chi connectivity index (χ1n) is 6.96. The number of benzene rings is 2. The van der Waals surface area contributed by atoms with Crippen molar-refractivity contribution >= 4 is 38.9 Å². The number of nitro groups is 1. The molecule has 2 rings (SSSR count). The zero-order valence-electron chi connectivity index (χ0n) is 13.0. The summed E-state index contributed by atoms with van der Waals surface area (Å²) in [5, 5.41) is 11.5. The van der Waals surface area contributed by atoms with Gasteiger partial charge in [0.25, 0.3) is 15.7 Å². The molecule has 8 nitrogen and oxygen atoms in total. The Balaban J connectivity index is 2.72. The second-order valence-corrected chi connectivity index (χ2v) is 7.32. The lowest BCUT2D eigenvalue weighted by atomic mass is 10.2. The Hall–Kier alpha value is -2.65. The summed E-state index contributed by atoms with van der Waals surface area (Å²) < 4.78 is 26.8. The summed E-state index contributed by atoms with van der Waals surface area (Å²) in [6.07, 6.45) is 0. The lowest BCUT2D eigenvalue weighted by Crippen LogP contribution is -2.39. The van der Waals surface area contributed by atoms with Crippen molar-refractivity contribution in [3.63, 3.8) is 0 Å². The van der Waals surface area contributed by atoms with Crippen molar-refractivity contribution in [3.8, 4) is 0 Å². The number of nitro benzene ring substituents is 1. The van der Waals surface area contributed by atoms with Gasteiger partial charge in [0.05, 0.1) is 10.6 Å². The number of nitrogens with two attached hydrogens (primary N) is 1. The lowest BCUT2D eigenvalue weighted by Gasteiger charge is -2.25. The van der Waals surface area contributed by atoms with Crippen LogP contribution in [0.25, 0.3) is 0 Å². The molecular weight excluding hydrogens is 370 g/mol. The summed E-state index contributed by atoms with van der Waals surface area (Å²) in [7, 11) is -4.43. The quantitative estimate of drug-likeness (QED) is 0.605. The van der Waals surface area contributed by atoms with E-state index >= 15 is 0 Å². The van der Waals surface area contributed by atoms with Crippen LogP contribution >= 0.6 is 11.6 Å². The second kappa shape index (κ2) is 7.08. The number of sulfonamides is 1. The maximum atomic E-state index is 13.0. The molecule has 0 saturated carbocycles. The highest BCUT2D eigenvalue weighted by Gasteiger charge is 2.33. The molecule has 0 radical (unpaired) electrons. The van der Waals surface area contributed by atoms with Crippen LogP contribution in [-0.4, -0.2) is 25.8 Å². The minimum Gasteiger partial charge on any atom is -0.368 e. The van der Waals surface area contributed by atoms with E-state index in [0.29, 0.717) is 5.56 Å². The van der Waals surface area contributed by atoms with E-state index in [4.69, 9.17) is 17.3 Å². The van der Waals surface area contributed by atoms with E-state index in [1.165, 1.54) is 24.3 Å². The van der Waals surface area contributed by atoms with Crippen LogP contribution in [-0.2, 0) is 14.8 Å². The number of carbonyl (C=O) groups is 1. The van der Waals surface area contributed by atoms with Gasteiger partial charge in [0.1, 0.15) is 6.54 Å². The molecule has 0 heterocycles. The number of nitrogens with zero attached hydrogens (tertiary/aromatic N) is 2. The van der Waals surface area contributed by atoms with Crippen LogP contribution in [0.2, 0.25) is 5.02 Å². The highest BCUT2D eigenvalue weighted by atomic mass is 35.5. The first-order chi connectivity index (χ1) is 11.7. The average Bonchev–Trinajstić information content (AvgIpc) is 2.55. The van der Waals surface area contributed by atoms with Crippen LogP contribution < -0.4 is 10.0 Å². The molecule has 0 aliphatic carbocycles. The summed E-state index contributed by atoms with van der Waals surface area (Å²) in [4.78, 5) is 21.3. The summed E-state index contributed by atoms with van der Waals surface area (Å²) in [5.74, 6) is -0.915. The van der Waals surface area contributed by atoms with Gasteiger partial charge < -0.3 is 5.73 Å². The number of carbonyl (C=O) groups excluding carboxylic acids is 1. The molecule has 2 N–H and O–H groups in total. The largest absolute Gasteiger partial charge is 0.368 e. The van der Waals surface area contributed by atoms with E-state index in [1.54, 1.807) is 13.0 Å².